The lowest BCUT2D eigenvalue weighted by Crippen LogP contribution is -2.32. The first kappa shape index (κ1) is 14.8. The van der Waals surface area contributed by atoms with Gasteiger partial charge in [0.05, 0.1) is 15.2 Å². The van der Waals surface area contributed by atoms with Gasteiger partial charge in [-0.15, -0.1) is 0 Å². The quantitative estimate of drug-likeness (QED) is 0.764. The summed E-state index contributed by atoms with van der Waals surface area (Å²) in [5, 5.41) is 0. The molecule has 3 heteroatoms. The zero-order chi connectivity index (χ0) is 14.6. The normalized spacial score (nSPS) is 13.0. The summed E-state index contributed by atoms with van der Waals surface area (Å²) in [4.78, 5) is 4.11. The molecule has 0 spiro atoms. The zero-order valence-electron chi connectivity index (χ0n) is 12.8. The van der Waals surface area contributed by atoms with Crippen molar-refractivity contribution in [1.29, 1.82) is 0 Å². The number of ether oxygens (including phenoxy) is 1. The Bertz CT molecular complexity index is 531. The van der Waals surface area contributed by atoms with Gasteiger partial charge in [0, 0.05) is 12.4 Å². The molecular weight excluding hydrogens is 262 g/mol. The lowest BCUT2D eigenvalue weighted by Gasteiger charge is -2.29. The average molecular weight is 285 g/mol. The van der Waals surface area contributed by atoms with E-state index in [1.54, 1.807) is 7.11 Å². The summed E-state index contributed by atoms with van der Waals surface area (Å²) < 4.78 is 5.26. The molecule has 2 rings (SSSR count). The van der Waals surface area contributed by atoms with E-state index >= 15 is 0 Å². The lowest BCUT2D eigenvalue weighted by molar-refractivity contribution is 0.414. The third-order valence-corrected chi connectivity index (χ3v) is 6.38. The maximum atomic E-state index is 5.26. The molecule has 1 heterocycles. The Morgan fingerprint density at radius 3 is 2.10 bits per heavy atom. The molecule has 0 bridgehead atoms. The van der Waals surface area contributed by atoms with Crippen LogP contribution in [0.15, 0.2) is 48.8 Å². The first-order chi connectivity index (χ1) is 9.50. The van der Waals surface area contributed by atoms with Crippen LogP contribution in [0.3, 0.4) is 0 Å². The number of hydrogen-bond acceptors (Lipinski definition) is 2. The molecule has 0 amide bonds. The summed E-state index contributed by atoms with van der Waals surface area (Å²) in [7, 11) is 0.411. The van der Waals surface area contributed by atoms with Crippen LogP contribution in [0.25, 0.3) is 0 Å². The molecule has 0 aliphatic rings. The van der Waals surface area contributed by atoms with Gasteiger partial charge in [0.1, 0.15) is 5.75 Å². The summed E-state index contributed by atoms with van der Waals surface area (Å²) in [6.45, 7) is 7.30. The van der Waals surface area contributed by atoms with Gasteiger partial charge in [0.25, 0.3) is 0 Å². The summed E-state index contributed by atoms with van der Waals surface area (Å²) in [5.41, 5.74) is 3.39. The molecule has 106 valence electrons. The monoisotopic (exact) mass is 285 g/mol. The van der Waals surface area contributed by atoms with Crippen LogP contribution in [0.2, 0.25) is 19.6 Å². The van der Waals surface area contributed by atoms with E-state index in [4.69, 9.17) is 4.74 Å². The Morgan fingerprint density at radius 2 is 1.60 bits per heavy atom. The highest BCUT2D eigenvalue weighted by molar-refractivity contribution is 6.77. The highest BCUT2D eigenvalue weighted by Gasteiger charge is 2.28. The smallest absolute Gasteiger partial charge is 0.118 e. The molecule has 1 unspecified atom stereocenters. The van der Waals surface area contributed by atoms with Crippen molar-refractivity contribution in [2.45, 2.75) is 31.6 Å². The van der Waals surface area contributed by atoms with Crippen molar-refractivity contribution in [2.75, 3.05) is 7.11 Å². The van der Waals surface area contributed by atoms with Crippen molar-refractivity contribution in [3.05, 3.63) is 59.9 Å². The van der Waals surface area contributed by atoms with Gasteiger partial charge in [-0.05, 0) is 47.4 Å². The van der Waals surface area contributed by atoms with Crippen molar-refractivity contribution in [3.8, 4) is 5.75 Å². The lowest BCUT2D eigenvalue weighted by atomic mass is 10.0. The molecule has 0 radical (unpaired) electrons. The van der Waals surface area contributed by atoms with E-state index in [2.05, 4.69) is 61.0 Å². The van der Waals surface area contributed by atoms with Crippen molar-refractivity contribution in [1.82, 2.24) is 4.98 Å². The van der Waals surface area contributed by atoms with E-state index in [-0.39, 0.29) is 0 Å². The van der Waals surface area contributed by atoms with E-state index in [9.17, 15) is 0 Å². The second-order valence-electron chi connectivity index (χ2n) is 6.25. The third-order valence-electron chi connectivity index (χ3n) is 3.75. The van der Waals surface area contributed by atoms with Crippen LogP contribution < -0.4 is 4.74 Å². The van der Waals surface area contributed by atoms with Crippen LogP contribution in [0.5, 0.6) is 5.75 Å². The first-order valence-corrected chi connectivity index (χ1v) is 10.6. The molecule has 2 aromatic rings. The van der Waals surface area contributed by atoms with E-state index in [0.717, 1.165) is 12.2 Å². The largest absolute Gasteiger partial charge is 0.497 e. The van der Waals surface area contributed by atoms with Crippen molar-refractivity contribution < 1.29 is 4.74 Å². The van der Waals surface area contributed by atoms with Crippen molar-refractivity contribution in [2.24, 2.45) is 0 Å². The van der Waals surface area contributed by atoms with E-state index in [1.165, 1.54) is 11.1 Å². The molecule has 2 nitrogen and oxygen atoms in total. The van der Waals surface area contributed by atoms with Gasteiger partial charge in [-0.1, -0.05) is 31.8 Å². The van der Waals surface area contributed by atoms with Gasteiger partial charge >= 0.3 is 0 Å². The molecule has 0 aliphatic heterocycles. The van der Waals surface area contributed by atoms with Gasteiger partial charge in [-0.3, -0.25) is 4.98 Å². The first-order valence-electron chi connectivity index (χ1n) is 7.03. The fourth-order valence-corrected chi connectivity index (χ4v) is 4.56. The molecule has 0 saturated carbocycles. The Kier molecular flexibility index (Phi) is 4.60. The molecule has 1 aromatic heterocycles. The fraction of sp³-hybridized carbons (Fsp3) is 0.353. The number of rotatable bonds is 5. The molecule has 0 saturated heterocycles. The Morgan fingerprint density at radius 1 is 1.00 bits per heavy atom. The van der Waals surface area contributed by atoms with E-state index in [1.807, 2.05) is 12.4 Å². The van der Waals surface area contributed by atoms with E-state index in [0.29, 0.717) is 5.54 Å². The minimum absolute atomic E-state index is 0.607. The van der Waals surface area contributed by atoms with Gasteiger partial charge in [-0.2, -0.15) is 0 Å². The van der Waals surface area contributed by atoms with Crippen LogP contribution in [-0.2, 0) is 6.42 Å². The maximum Gasteiger partial charge on any atom is 0.118 e. The van der Waals surface area contributed by atoms with Crippen LogP contribution in [0.4, 0.5) is 0 Å². The van der Waals surface area contributed by atoms with Gasteiger partial charge in [-0.25, -0.2) is 0 Å². The highest BCUT2D eigenvalue weighted by atomic mass is 28.3. The average Bonchev–Trinajstić information content (AvgIpc) is 2.45. The summed E-state index contributed by atoms with van der Waals surface area (Å²) in [5.74, 6) is 0.923. The van der Waals surface area contributed by atoms with Crippen LogP contribution in [0.1, 0.15) is 16.7 Å². The second-order valence-corrected chi connectivity index (χ2v) is 11.7. The SMILES string of the molecule is COc1ccc(C(Cc2ccncc2)[Si](C)(C)C)cc1. The molecule has 20 heavy (non-hydrogen) atoms. The molecule has 1 aromatic carbocycles. The Balaban J connectivity index is 2.28. The molecule has 0 N–H and O–H groups in total. The van der Waals surface area contributed by atoms with Gasteiger partial charge < -0.3 is 4.74 Å². The number of benzene rings is 1. The zero-order valence-corrected chi connectivity index (χ0v) is 13.8. The number of nitrogens with zero attached hydrogens (tertiary/aromatic N) is 1. The Hall–Kier alpha value is -1.61. The van der Waals surface area contributed by atoms with Crippen molar-refractivity contribution >= 4 is 8.07 Å². The number of hydrogen-bond donors (Lipinski definition) is 0. The molecule has 1 atom stereocenters. The Labute approximate surface area is 122 Å². The standard InChI is InChI=1S/C17H23NOSi/c1-19-16-7-5-15(6-8-16)17(20(2,3)4)13-14-9-11-18-12-10-14/h5-12,17H,13H2,1-4H3. The van der Waals surface area contributed by atoms with Gasteiger partial charge in [0.2, 0.25) is 0 Å². The van der Waals surface area contributed by atoms with Gasteiger partial charge in [0.15, 0.2) is 0 Å². The second kappa shape index (κ2) is 6.22. The molecule has 0 aliphatic carbocycles. The topological polar surface area (TPSA) is 22.1 Å². The number of pyridine rings is 1. The minimum Gasteiger partial charge on any atom is -0.497 e. The summed E-state index contributed by atoms with van der Waals surface area (Å²) in [6.07, 6.45) is 4.85. The predicted molar refractivity (Wildman–Crippen MR) is 87.0 cm³/mol. The number of aromatic nitrogens is 1. The summed E-state index contributed by atoms with van der Waals surface area (Å²) >= 11 is 0. The third kappa shape index (κ3) is 3.70. The van der Waals surface area contributed by atoms with Crippen LogP contribution >= 0.6 is 0 Å². The number of methoxy groups -OCH3 is 1. The van der Waals surface area contributed by atoms with Crippen molar-refractivity contribution in [3.63, 3.8) is 0 Å². The molecule has 0 fully saturated rings. The maximum absolute atomic E-state index is 5.26. The minimum atomic E-state index is -1.30. The van der Waals surface area contributed by atoms with Crippen LogP contribution in [0, 0.1) is 0 Å². The predicted octanol–water partition coefficient (Wildman–Crippen LogP) is 4.29. The van der Waals surface area contributed by atoms with Crippen LogP contribution in [-0.4, -0.2) is 20.2 Å². The summed E-state index contributed by atoms with van der Waals surface area (Å²) in [6, 6.07) is 12.8. The van der Waals surface area contributed by atoms with E-state index < -0.39 is 8.07 Å². The highest BCUT2D eigenvalue weighted by Crippen LogP contribution is 2.31. The fourth-order valence-electron chi connectivity index (χ4n) is 2.51. The molecular formula is C17H23NOSi.